The Bertz CT molecular complexity index is 606. The molecule has 9 heteroatoms. The largest absolute Gasteiger partial charge is 0.593 e. The van der Waals surface area contributed by atoms with Crippen LogP contribution in [0.2, 0.25) is 0 Å². The molecule has 2 rings (SSSR count). The highest BCUT2D eigenvalue weighted by atomic mass is 32.2. The lowest BCUT2D eigenvalue weighted by molar-refractivity contribution is -0.136. The lowest BCUT2D eigenvalue weighted by Crippen LogP contribution is -2.55. The summed E-state index contributed by atoms with van der Waals surface area (Å²) in [5, 5.41) is 2.84. The van der Waals surface area contributed by atoms with Crippen LogP contribution >= 0.6 is 0 Å². The van der Waals surface area contributed by atoms with Crippen molar-refractivity contribution in [1.29, 1.82) is 0 Å². The molecule has 1 aromatic heterocycles. The fraction of sp³-hybridized carbons (Fsp3) is 0.500. The zero-order chi connectivity index (χ0) is 18.4. The minimum Gasteiger partial charge on any atom is -0.593 e. The number of amides is 1. The summed E-state index contributed by atoms with van der Waals surface area (Å²) in [4.78, 5) is 18.0. The fourth-order valence-electron chi connectivity index (χ4n) is 2.31. The highest BCUT2D eigenvalue weighted by molar-refractivity contribution is 7.89. The van der Waals surface area contributed by atoms with Gasteiger partial charge in [0.05, 0.1) is 42.9 Å². The van der Waals surface area contributed by atoms with Gasteiger partial charge in [-0.1, -0.05) is 0 Å². The van der Waals surface area contributed by atoms with Crippen LogP contribution in [0.5, 0.6) is 5.88 Å². The summed E-state index contributed by atoms with van der Waals surface area (Å²) >= 11 is -1.35. The van der Waals surface area contributed by atoms with Crippen LogP contribution in [-0.2, 0) is 16.2 Å². The molecule has 0 aliphatic carbocycles. The maximum atomic E-state index is 12.6. The minimum absolute atomic E-state index is 0.0495. The van der Waals surface area contributed by atoms with Crippen molar-refractivity contribution in [2.75, 3.05) is 47.4 Å². The van der Waals surface area contributed by atoms with Crippen molar-refractivity contribution in [2.45, 2.75) is 4.90 Å². The normalized spacial score (nSPS) is 17.1. The van der Waals surface area contributed by atoms with E-state index in [0.717, 1.165) is 0 Å². The number of rotatable bonds is 8. The Morgan fingerprint density at radius 1 is 1.56 bits per heavy atom. The van der Waals surface area contributed by atoms with Gasteiger partial charge in [-0.3, -0.25) is 4.79 Å². The standard InChI is InChI=1S/C16H23FN4O3S/c1-18-7-12(6-17)11-24-15-5-4-14(8-19-15)25(23)21-9-13(10-21)16(22)20(2)3/h4-6,8,13,18H,7,9-11H2,1-3H3/b12-6+. The molecule has 1 atom stereocenters. The molecule has 1 aliphatic heterocycles. The topological polar surface area (TPSA) is 80.8 Å². The zero-order valence-corrected chi connectivity index (χ0v) is 15.4. The van der Waals surface area contributed by atoms with E-state index in [1.54, 1.807) is 42.5 Å². The third-order valence-corrected chi connectivity index (χ3v) is 5.16. The first kappa shape index (κ1) is 19.6. The molecule has 1 aliphatic rings. The second-order valence-electron chi connectivity index (χ2n) is 5.94. The van der Waals surface area contributed by atoms with Gasteiger partial charge in [-0.15, -0.1) is 4.31 Å². The van der Waals surface area contributed by atoms with Crippen molar-refractivity contribution >= 4 is 17.3 Å². The van der Waals surface area contributed by atoms with Crippen LogP contribution in [-0.4, -0.2) is 72.0 Å². The van der Waals surface area contributed by atoms with Crippen molar-refractivity contribution in [2.24, 2.45) is 5.92 Å². The molecule has 1 N–H and O–H groups in total. The Morgan fingerprint density at radius 3 is 2.80 bits per heavy atom. The van der Waals surface area contributed by atoms with Crippen LogP contribution < -0.4 is 10.1 Å². The van der Waals surface area contributed by atoms with E-state index >= 15 is 0 Å². The Balaban J connectivity index is 1.85. The first-order chi connectivity index (χ1) is 12.0. The van der Waals surface area contributed by atoms with Crippen LogP contribution in [0, 0.1) is 5.92 Å². The van der Waals surface area contributed by atoms with Gasteiger partial charge < -0.3 is 19.5 Å². The number of hydrogen-bond acceptors (Lipinski definition) is 6. The molecule has 1 saturated heterocycles. The Morgan fingerprint density at radius 2 is 2.28 bits per heavy atom. The number of carbonyl (C=O) groups excluding carboxylic acids is 1. The van der Waals surface area contributed by atoms with Crippen LogP contribution in [0.1, 0.15) is 0 Å². The molecular weight excluding hydrogens is 347 g/mol. The average molecular weight is 370 g/mol. The van der Waals surface area contributed by atoms with Crippen molar-refractivity contribution in [3.8, 4) is 5.88 Å². The number of carbonyl (C=O) groups is 1. The van der Waals surface area contributed by atoms with E-state index in [1.807, 2.05) is 0 Å². The third-order valence-electron chi connectivity index (χ3n) is 3.75. The number of hydrogen-bond donors (Lipinski definition) is 1. The maximum Gasteiger partial charge on any atom is 0.228 e. The quantitative estimate of drug-likeness (QED) is 0.674. The lowest BCUT2D eigenvalue weighted by Gasteiger charge is -2.37. The summed E-state index contributed by atoms with van der Waals surface area (Å²) < 4.78 is 32.2. The number of aromatic nitrogens is 1. The van der Waals surface area contributed by atoms with Gasteiger partial charge in [0.15, 0.2) is 4.90 Å². The smallest absolute Gasteiger partial charge is 0.228 e. The Kier molecular flexibility index (Phi) is 7.18. The number of likely N-dealkylation sites (N-methyl/N-ethyl adjacent to an activating group) is 1. The SMILES string of the molecule is CNC/C(=C\F)COc1ccc([S+]([O-])N2CC(C(=O)N(C)C)C2)cn1. The number of pyridine rings is 1. The average Bonchev–Trinajstić information content (AvgIpc) is 2.57. The van der Waals surface area contributed by atoms with Gasteiger partial charge in [0.2, 0.25) is 11.8 Å². The summed E-state index contributed by atoms with van der Waals surface area (Å²) in [7, 11) is 5.15. The van der Waals surface area contributed by atoms with Crippen molar-refractivity contribution in [1.82, 2.24) is 19.5 Å². The van der Waals surface area contributed by atoms with Crippen LogP contribution in [0.25, 0.3) is 0 Å². The summed E-state index contributed by atoms with van der Waals surface area (Å²) in [5.41, 5.74) is 0.467. The molecule has 1 unspecified atom stereocenters. The molecule has 0 radical (unpaired) electrons. The number of ether oxygens (including phenoxy) is 1. The highest BCUT2D eigenvalue weighted by Gasteiger charge is 2.41. The van der Waals surface area contributed by atoms with Crippen molar-refractivity contribution in [3.05, 3.63) is 30.2 Å². The summed E-state index contributed by atoms with van der Waals surface area (Å²) in [6, 6.07) is 3.27. The molecule has 1 fully saturated rings. The molecule has 1 aromatic rings. The van der Waals surface area contributed by atoms with Gasteiger partial charge in [0.1, 0.15) is 6.61 Å². The number of nitrogens with one attached hydrogen (secondary N) is 1. The fourth-order valence-corrected chi connectivity index (χ4v) is 3.57. The van der Waals surface area contributed by atoms with Crippen LogP contribution in [0.4, 0.5) is 4.39 Å². The van der Waals surface area contributed by atoms with E-state index in [1.165, 1.54) is 6.20 Å². The zero-order valence-electron chi connectivity index (χ0n) is 14.6. The van der Waals surface area contributed by atoms with E-state index in [-0.39, 0.29) is 18.4 Å². The van der Waals surface area contributed by atoms with Gasteiger partial charge in [-0.05, 0) is 7.05 Å². The molecular formula is C16H23FN4O3S. The van der Waals surface area contributed by atoms with Crippen molar-refractivity contribution < 1.29 is 18.5 Å². The highest BCUT2D eigenvalue weighted by Crippen LogP contribution is 2.26. The minimum atomic E-state index is -1.35. The molecule has 0 bridgehead atoms. The number of nitrogens with zero attached hydrogens (tertiary/aromatic N) is 3. The van der Waals surface area contributed by atoms with E-state index in [4.69, 9.17) is 4.74 Å². The summed E-state index contributed by atoms with van der Waals surface area (Å²) in [6.45, 7) is 1.42. The molecule has 25 heavy (non-hydrogen) atoms. The predicted molar refractivity (Wildman–Crippen MR) is 93.0 cm³/mol. The van der Waals surface area contributed by atoms with Crippen molar-refractivity contribution in [3.63, 3.8) is 0 Å². The predicted octanol–water partition coefficient (Wildman–Crippen LogP) is 0.576. The van der Waals surface area contributed by atoms with E-state index in [0.29, 0.717) is 42.3 Å². The molecule has 1 amide bonds. The Labute approximate surface area is 150 Å². The molecule has 0 aromatic carbocycles. The molecule has 0 spiro atoms. The van der Waals surface area contributed by atoms with Gasteiger partial charge in [-0.25, -0.2) is 9.37 Å². The van der Waals surface area contributed by atoms with E-state index < -0.39 is 11.4 Å². The van der Waals surface area contributed by atoms with E-state index in [9.17, 15) is 13.7 Å². The first-order valence-corrected chi connectivity index (χ1v) is 8.96. The summed E-state index contributed by atoms with van der Waals surface area (Å²) in [6.07, 6.45) is 1.98. The third kappa shape index (κ3) is 5.15. The second kappa shape index (κ2) is 9.14. The maximum absolute atomic E-state index is 12.6. The summed E-state index contributed by atoms with van der Waals surface area (Å²) in [5.74, 6) is 0.279. The van der Waals surface area contributed by atoms with Gasteiger partial charge in [-0.2, -0.15) is 0 Å². The molecule has 2 heterocycles. The molecule has 7 nitrogen and oxygen atoms in total. The molecule has 0 saturated carbocycles. The van der Waals surface area contributed by atoms with Crippen LogP contribution in [0.15, 0.2) is 35.1 Å². The van der Waals surface area contributed by atoms with Gasteiger partial charge in [0.25, 0.3) is 0 Å². The first-order valence-electron chi connectivity index (χ1n) is 7.85. The monoisotopic (exact) mass is 370 g/mol. The Hall–Kier alpha value is -1.68. The number of halogens is 1. The van der Waals surface area contributed by atoms with E-state index in [2.05, 4.69) is 10.3 Å². The van der Waals surface area contributed by atoms with Crippen LogP contribution in [0.3, 0.4) is 0 Å². The van der Waals surface area contributed by atoms with Gasteiger partial charge in [0, 0.05) is 38.3 Å². The second-order valence-corrected chi connectivity index (χ2v) is 7.43. The molecule has 138 valence electrons. The van der Waals surface area contributed by atoms with Gasteiger partial charge >= 0.3 is 0 Å². The lowest BCUT2D eigenvalue weighted by atomic mass is 10.0.